The predicted molar refractivity (Wildman–Crippen MR) is 73.7 cm³/mol. The molecule has 116 valence electrons. The maximum atomic E-state index is 13.9. The molecule has 22 heavy (non-hydrogen) atoms. The summed E-state index contributed by atoms with van der Waals surface area (Å²) in [5, 5.41) is 20.5. The number of hydrogen-bond donors (Lipinski definition) is 3. The fourth-order valence-electron chi connectivity index (χ4n) is 1.71. The number of benzene rings is 1. The molecule has 0 aliphatic heterocycles. The molecule has 1 heterocycles. The van der Waals surface area contributed by atoms with Crippen LogP contribution in [0.3, 0.4) is 0 Å². The van der Waals surface area contributed by atoms with Gasteiger partial charge in [0.15, 0.2) is 5.76 Å². The molecule has 0 aliphatic carbocycles. The van der Waals surface area contributed by atoms with Gasteiger partial charge in [-0.25, -0.2) is 9.18 Å². The van der Waals surface area contributed by atoms with Gasteiger partial charge in [-0.2, -0.15) is 0 Å². The van der Waals surface area contributed by atoms with E-state index in [4.69, 9.17) is 21.1 Å². The standard InChI is InChI=1S/C13H9ClFNO6/c1-5(17)21-11-9(18)10(22-12(11)16-13(19)20)8-6(14)3-2-4-7(8)15/h2-4,16,18H,1H3,(H,19,20). The first-order chi connectivity index (χ1) is 10.3. The summed E-state index contributed by atoms with van der Waals surface area (Å²) in [5.41, 5.74) is -0.298. The molecule has 1 aromatic heterocycles. The van der Waals surface area contributed by atoms with E-state index < -0.39 is 41.0 Å². The first-order valence-corrected chi connectivity index (χ1v) is 6.17. The molecular formula is C13H9ClFNO6. The fraction of sp³-hybridized carbons (Fsp3) is 0.0769. The van der Waals surface area contributed by atoms with Gasteiger partial charge in [-0.05, 0) is 12.1 Å². The molecular weight excluding hydrogens is 321 g/mol. The normalized spacial score (nSPS) is 10.3. The van der Waals surface area contributed by atoms with Crippen LogP contribution in [0.25, 0.3) is 11.3 Å². The van der Waals surface area contributed by atoms with Crippen molar-refractivity contribution in [1.29, 1.82) is 0 Å². The van der Waals surface area contributed by atoms with Crippen molar-refractivity contribution in [2.75, 3.05) is 5.32 Å². The lowest BCUT2D eigenvalue weighted by Gasteiger charge is -2.02. The molecule has 0 saturated carbocycles. The first-order valence-electron chi connectivity index (χ1n) is 5.79. The number of carbonyl (C=O) groups excluding carboxylic acids is 1. The molecule has 7 nitrogen and oxygen atoms in total. The van der Waals surface area contributed by atoms with Gasteiger partial charge in [-0.1, -0.05) is 17.7 Å². The second kappa shape index (κ2) is 5.94. The van der Waals surface area contributed by atoms with Gasteiger partial charge in [0.1, 0.15) is 5.82 Å². The Morgan fingerprint density at radius 3 is 2.64 bits per heavy atom. The monoisotopic (exact) mass is 329 g/mol. The molecule has 1 aromatic carbocycles. The molecule has 0 bridgehead atoms. The molecule has 0 radical (unpaired) electrons. The third-order valence-corrected chi connectivity index (χ3v) is 2.81. The summed E-state index contributed by atoms with van der Waals surface area (Å²) in [7, 11) is 0. The van der Waals surface area contributed by atoms with Crippen molar-refractivity contribution in [3.05, 3.63) is 29.0 Å². The topological polar surface area (TPSA) is 109 Å². The highest BCUT2D eigenvalue weighted by Crippen LogP contribution is 2.48. The van der Waals surface area contributed by atoms with Crippen molar-refractivity contribution in [2.24, 2.45) is 0 Å². The van der Waals surface area contributed by atoms with Gasteiger partial charge in [0.05, 0.1) is 10.6 Å². The van der Waals surface area contributed by atoms with Crippen molar-refractivity contribution in [1.82, 2.24) is 0 Å². The average molecular weight is 330 g/mol. The Hall–Kier alpha value is -2.74. The van der Waals surface area contributed by atoms with E-state index in [9.17, 15) is 19.1 Å². The quantitative estimate of drug-likeness (QED) is 0.744. The van der Waals surface area contributed by atoms with Gasteiger partial charge in [0, 0.05) is 6.92 Å². The van der Waals surface area contributed by atoms with E-state index in [-0.39, 0.29) is 10.6 Å². The van der Waals surface area contributed by atoms with Gasteiger partial charge >= 0.3 is 12.1 Å². The number of esters is 1. The number of nitrogens with one attached hydrogen (secondary N) is 1. The van der Waals surface area contributed by atoms with Crippen LogP contribution >= 0.6 is 11.6 Å². The van der Waals surface area contributed by atoms with Gasteiger partial charge in [-0.3, -0.25) is 10.1 Å². The summed E-state index contributed by atoms with van der Waals surface area (Å²) in [4.78, 5) is 21.7. The van der Waals surface area contributed by atoms with Crippen LogP contribution in [0.4, 0.5) is 15.1 Å². The number of aromatic hydroxyl groups is 1. The highest BCUT2D eigenvalue weighted by atomic mass is 35.5. The number of furan rings is 1. The van der Waals surface area contributed by atoms with Crippen LogP contribution in [0, 0.1) is 5.82 Å². The summed E-state index contributed by atoms with van der Waals surface area (Å²) in [6.45, 7) is 1.03. The molecule has 2 rings (SSSR count). The summed E-state index contributed by atoms with van der Waals surface area (Å²) in [5.74, 6) is -4.03. The second-order valence-corrected chi connectivity index (χ2v) is 4.47. The number of anilines is 1. The van der Waals surface area contributed by atoms with E-state index in [1.54, 1.807) is 5.32 Å². The number of rotatable bonds is 3. The van der Waals surface area contributed by atoms with E-state index in [2.05, 4.69) is 4.74 Å². The van der Waals surface area contributed by atoms with Crippen LogP contribution in [-0.4, -0.2) is 22.3 Å². The zero-order valence-corrected chi connectivity index (χ0v) is 11.8. The maximum Gasteiger partial charge on any atom is 0.411 e. The van der Waals surface area contributed by atoms with Crippen molar-refractivity contribution < 1.29 is 33.3 Å². The van der Waals surface area contributed by atoms with Crippen molar-refractivity contribution in [2.45, 2.75) is 6.92 Å². The summed E-state index contributed by atoms with van der Waals surface area (Å²) in [6.07, 6.45) is -1.53. The first kappa shape index (κ1) is 15.6. The molecule has 0 unspecified atom stereocenters. The van der Waals surface area contributed by atoms with Crippen LogP contribution in [0.1, 0.15) is 6.92 Å². The Morgan fingerprint density at radius 2 is 2.09 bits per heavy atom. The lowest BCUT2D eigenvalue weighted by atomic mass is 10.1. The fourth-order valence-corrected chi connectivity index (χ4v) is 1.96. The van der Waals surface area contributed by atoms with E-state index in [0.29, 0.717) is 0 Å². The smallest absolute Gasteiger partial charge is 0.411 e. The van der Waals surface area contributed by atoms with Gasteiger partial charge in [0.2, 0.25) is 11.5 Å². The highest BCUT2D eigenvalue weighted by Gasteiger charge is 2.28. The summed E-state index contributed by atoms with van der Waals surface area (Å²) in [6, 6.07) is 3.75. The minimum atomic E-state index is -1.53. The highest BCUT2D eigenvalue weighted by molar-refractivity contribution is 6.33. The molecule has 0 atom stereocenters. The number of amides is 1. The van der Waals surface area contributed by atoms with Crippen LogP contribution < -0.4 is 10.1 Å². The van der Waals surface area contributed by atoms with E-state index in [0.717, 1.165) is 13.0 Å². The second-order valence-electron chi connectivity index (χ2n) is 4.06. The van der Waals surface area contributed by atoms with Crippen LogP contribution in [0.5, 0.6) is 11.5 Å². The lowest BCUT2D eigenvalue weighted by Crippen LogP contribution is -2.09. The maximum absolute atomic E-state index is 13.9. The molecule has 1 amide bonds. The summed E-state index contributed by atoms with van der Waals surface area (Å²) < 4.78 is 23.6. The Balaban J connectivity index is 2.65. The number of hydrogen-bond acceptors (Lipinski definition) is 5. The Labute approximate surface area is 127 Å². The predicted octanol–water partition coefficient (Wildman–Crippen LogP) is 3.46. The third kappa shape index (κ3) is 2.96. The molecule has 0 spiro atoms. The van der Waals surface area contributed by atoms with Crippen LogP contribution in [0.2, 0.25) is 5.02 Å². The largest absolute Gasteiger partial charge is 0.502 e. The molecule has 2 aromatic rings. The minimum Gasteiger partial charge on any atom is -0.502 e. The zero-order valence-electron chi connectivity index (χ0n) is 11.0. The molecule has 0 fully saturated rings. The van der Waals surface area contributed by atoms with Gasteiger partial charge in [-0.15, -0.1) is 0 Å². The lowest BCUT2D eigenvalue weighted by molar-refractivity contribution is -0.132. The number of carbonyl (C=O) groups is 2. The van der Waals surface area contributed by atoms with Crippen LogP contribution in [-0.2, 0) is 4.79 Å². The molecule has 0 aliphatic rings. The summed E-state index contributed by atoms with van der Waals surface area (Å²) >= 11 is 5.85. The molecule has 3 N–H and O–H groups in total. The number of halogens is 2. The zero-order chi connectivity index (χ0) is 16.4. The SMILES string of the molecule is CC(=O)Oc1c(NC(=O)O)oc(-c2c(F)cccc2Cl)c1O. The van der Waals surface area contributed by atoms with Gasteiger partial charge < -0.3 is 19.4 Å². The minimum absolute atomic E-state index is 0.0831. The van der Waals surface area contributed by atoms with E-state index in [1.807, 2.05) is 0 Å². The van der Waals surface area contributed by atoms with Crippen molar-refractivity contribution in [3.63, 3.8) is 0 Å². The van der Waals surface area contributed by atoms with E-state index in [1.165, 1.54) is 12.1 Å². The Kier molecular flexibility index (Phi) is 4.22. The van der Waals surface area contributed by atoms with Crippen molar-refractivity contribution >= 4 is 29.5 Å². The van der Waals surface area contributed by atoms with E-state index >= 15 is 0 Å². The van der Waals surface area contributed by atoms with Crippen LogP contribution in [0.15, 0.2) is 22.6 Å². The Bertz CT molecular complexity index is 737. The number of carboxylic acid groups (broad SMARTS) is 1. The number of ether oxygens (including phenoxy) is 1. The average Bonchev–Trinajstić information content (AvgIpc) is 2.66. The Morgan fingerprint density at radius 1 is 1.41 bits per heavy atom. The van der Waals surface area contributed by atoms with Gasteiger partial charge in [0.25, 0.3) is 5.88 Å². The molecule has 9 heteroatoms. The molecule has 0 saturated heterocycles. The third-order valence-electron chi connectivity index (χ3n) is 2.50. The van der Waals surface area contributed by atoms with Crippen molar-refractivity contribution in [3.8, 4) is 22.8 Å².